The van der Waals surface area contributed by atoms with Crippen molar-refractivity contribution in [3.05, 3.63) is 97.1 Å². The Morgan fingerprint density at radius 2 is 1.32 bits per heavy atom. The predicted molar refractivity (Wildman–Crippen MR) is 118 cm³/mol. The second kappa shape index (κ2) is 5.86. The Balaban J connectivity index is 1.55. The molecular weight excluding hydrogens is 342 g/mol. The highest BCUT2D eigenvalue weighted by Crippen LogP contribution is 2.38. The van der Waals surface area contributed by atoms with E-state index in [1.807, 2.05) is 0 Å². The van der Waals surface area contributed by atoms with E-state index in [4.69, 9.17) is 4.42 Å². The van der Waals surface area contributed by atoms with Crippen molar-refractivity contribution < 1.29 is 4.42 Å². The lowest BCUT2D eigenvalue weighted by Gasteiger charge is -2.08. The first kappa shape index (κ1) is 15.3. The molecule has 1 N–H and O–H groups in total. The highest BCUT2D eigenvalue weighted by molar-refractivity contribution is 6.20. The quantitative estimate of drug-likeness (QED) is 0.344. The molecular formula is C26H17NO. The van der Waals surface area contributed by atoms with Crippen LogP contribution in [0.4, 0.5) is 11.4 Å². The molecule has 1 aromatic heterocycles. The van der Waals surface area contributed by atoms with Crippen LogP contribution in [0, 0.1) is 0 Å². The Kier molecular flexibility index (Phi) is 3.20. The fourth-order valence-corrected chi connectivity index (χ4v) is 4.09. The number of rotatable bonds is 2. The normalized spacial score (nSPS) is 11.6. The van der Waals surface area contributed by atoms with Gasteiger partial charge in [0.25, 0.3) is 0 Å². The summed E-state index contributed by atoms with van der Waals surface area (Å²) in [5.41, 5.74) is 3.84. The number of hydrogen-bond donors (Lipinski definition) is 1. The smallest absolute Gasteiger partial charge is 0.158 e. The molecule has 2 heteroatoms. The van der Waals surface area contributed by atoms with Gasteiger partial charge in [-0.05, 0) is 45.8 Å². The minimum Gasteiger partial charge on any atom is -0.454 e. The van der Waals surface area contributed by atoms with Crippen molar-refractivity contribution in [1.29, 1.82) is 0 Å². The Labute approximate surface area is 162 Å². The minimum atomic E-state index is 0.891. The molecule has 2 nitrogen and oxygen atoms in total. The third kappa shape index (κ3) is 2.28. The fourth-order valence-electron chi connectivity index (χ4n) is 4.09. The van der Waals surface area contributed by atoms with Crippen molar-refractivity contribution in [2.45, 2.75) is 0 Å². The van der Waals surface area contributed by atoms with Crippen molar-refractivity contribution in [3.63, 3.8) is 0 Å². The second-order valence-corrected chi connectivity index (χ2v) is 7.13. The van der Waals surface area contributed by atoms with Crippen molar-refractivity contribution in [2.24, 2.45) is 0 Å². The molecule has 0 saturated carbocycles. The van der Waals surface area contributed by atoms with E-state index < -0.39 is 0 Å². The molecule has 132 valence electrons. The van der Waals surface area contributed by atoms with Gasteiger partial charge in [-0.3, -0.25) is 0 Å². The average molecular weight is 359 g/mol. The zero-order valence-electron chi connectivity index (χ0n) is 15.1. The summed E-state index contributed by atoms with van der Waals surface area (Å²) in [6.07, 6.45) is 0. The topological polar surface area (TPSA) is 25.2 Å². The van der Waals surface area contributed by atoms with Crippen molar-refractivity contribution in [2.75, 3.05) is 5.32 Å². The third-order valence-corrected chi connectivity index (χ3v) is 5.42. The Bertz CT molecular complexity index is 1490. The molecule has 5 aromatic carbocycles. The predicted octanol–water partition coefficient (Wildman–Crippen LogP) is 7.64. The summed E-state index contributed by atoms with van der Waals surface area (Å²) in [6, 6.07) is 33.8. The largest absolute Gasteiger partial charge is 0.454 e. The molecule has 0 radical (unpaired) electrons. The maximum Gasteiger partial charge on any atom is 0.158 e. The highest BCUT2D eigenvalue weighted by Gasteiger charge is 2.13. The maximum atomic E-state index is 6.29. The number of anilines is 2. The van der Waals surface area contributed by atoms with E-state index >= 15 is 0 Å². The summed E-state index contributed by atoms with van der Waals surface area (Å²) < 4.78 is 6.29. The molecule has 0 bridgehead atoms. The van der Waals surface area contributed by atoms with Crippen LogP contribution in [0.1, 0.15) is 0 Å². The van der Waals surface area contributed by atoms with Gasteiger partial charge in [-0.15, -0.1) is 0 Å². The van der Waals surface area contributed by atoms with Crippen LogP contribution in [0.3, 0.4) is 0 Å². The molecule has 0 aliphatic heterocycles. The van der Waals surface area contributed by atoms with Crippen LogP contribution in [-0.4, -0.2) is 0 Å². The van der Waals surface area contributed by atoms with Gasteiger partial charge in [0.2, 0.25) is 0 Å². The molecule has 0 spiro atoms. The number of fused-ring (bicyclic) bond motifs is 6. The summed E-state index contributed by atoms with van der Waals surface area (Å²) in [5.74, 6) is 0. The molecule has 0 amide bonds. The minimum absolute atomic E-state index is 0.891. The van der Waals surface area contributed by atoms with Gasteiger partial charge in [0.15, 0.2) is 5.58 Å². The molecule has 0 saturated heterocycles. The molecule has 6 aromatic rings. The second-order valence-electron chi connectivity index (χ2n) is 7.13. The van der Waals surface area contributed by atoms with Gasteiger partial charge in [0.1, 0.15) is 5.58 Å². The van der Waals surface area contributed by atoms with E-state index in [9.17, 15) is 0 Å². The van der Waals surface area contributed by atoms with Crippen molar-refractivity contribution >= 4 is 54.9 Å². The molecule has 1 heterocycles. The third-order valence-electron chi connectivity index (χ3n) is 5.42. The highest BCUT2D eigenvalue weighted by atomic mass is 16.3. The average Bonchev–Trinajstić information content (AvgIpc) is 3.14. The molecule has 0 unspecified atom stereocenters. The molecule has 28 heavy (non-hydrogen) atoms. The number of furan rings is 1. The van der Waals surface area contributed by atoms with E-state index in [2.05, 4.69) is 102 Å². The zero-order valence-corrected chi connectivity index (χ0v) is 15.1. The van der Waals surface area contributed by atoms with Crippen LogP contribution in [0.5, 0.6) is 0 Å². The van der Waals surface area contributed by atoms with E-state index in [0.29, 0.717) is 0 Å². The number of hydrogen-bond acceptors (Lipinski definition) is 2. The van der Waals surface area contributed by atoms with E-state index in [1.165, 1.54) is 26.9 Å². The van der Waals surface area contributed by atoms with Crippen molar-refractivity contribution in [1.82, 2.24) is 0 Å². The lowest BCUT2D eigenvalue weighted by atomic mass is 10.0. The number of para-hydroxylation sites is 1. The monoisotopic (exact) mass is 359 g/mol. The van der Waals surface area contributed by atoms with Crippen LogP contribution in [0.15, 0.2) is 101 Å². The van der Waals surface area contributed by atoms with Gasteiger partial charge in [-0.1, -0.05) is 72.8 Å². The van der Waals surface area contributed by atoms with Gasteiger partial charge in [0, 0.05) is 16.5 Å². The van der Waals surface area contributed by atoms with Gasteiger partial charge in [-0.25, -0.2) is 0 Å². The Hall–Kier alpha value is -3.78. The summed E-state index contributed by atoms with van der Waals surface area (Å²) in [6.45, 7) is 0. The van der Waals surface area contributed by atoms with Gasteiger partial charge >= 0.3 is 0 Å². The van der Waals surface area contributed by atoms with Crippen LogP contribution in [0.2, 0.25) is 0 Å². The summed E-state index contributed by atoms with van der Waals surface area (Å²) in [5, 5.41) is 10.8. The lowest BCUT2D eigenvalue weighted by Crippen LogP contribution is -1.90. The number of nitrogens with one attached hydrogen (secondary N) is 1. The summed E-state index contributed by atoms with van der Waals surface area (Å²) in [7, 11) is 0. The van der Waals surface area contributed by atoms with E-state index in [-0.39, 0.29) is 0 Å². The first-order valence-electron chi connectivity index (χ1n) is 9.46. The Morgan fingerprint density at radius 3 is 2.25 bits per heavy atom. The SMILES string of the molecule is c1ccc2cc(Nc3cccc4c3oc3ccc5ccccc5c34)ccc2c1. The first-order valence-corrected chi connectivity index (χ1v) is 9.46. The van der Waals surface area contributed by atoms with Gasteiger partial charge in [0.05, 0.1) is 5.69 Å². The van der Waals surface area contributed by atoms with Gasteiger partial charge < -0.3 is 9.73 Å². The van der Waals surface area contributed by atoms with Crippen molar-refractivity contribution in [3.8, 4) is 0 Å². The fraction of sp³-hybridized carbons (Fsp3) is 0. The summed E-state index contributed by atoms with van der Waals surface area (Å²) >= 11 is 0. The molecule has 6 rings (SSSR count). The zero-order chi connectivity index (χ0) is 18.5. The molecule has 0 aliphatic rings. The van der Waals surface area contributed by atoms with Crippen LogP contribution >= 0.6 is 0 Å². The maximum absolute atomic E-state index is 6.29. The van der Waals surface area contributed by atoms with E-state index in [0.717, 1.165) is 27.9 Å². The standard InChI is InChI=1S/C26H17NO/c1-2-8-19-16-20(14-12-17(19)6-1)27-23-11-5-10-22-25-21-9-4-3-7-18(21)13-15-24(25)28-26(22)23/h1-16,27H. The Morgan fingerprint density at radius 1 is 0.571 bits per heavy atom. The lowest BCUT2D eigenvalue weighted by molar-refractivity contribution is 0.670. The van der Waals surface area contributed by atoms with Crippen LogP contribution in [-0.2, 0) is 0 Å². The van der Waals surface area contributed by atoms with E-state index in [1.54, 1.807) is 0 Å². The van der Waals surface area contributed by atoms with Crippen LogP contribution < -0.4 is 5.32 Å². The summed E-state index contributed by atoms with van der Waals surface area (Å²) in [4.78, 5) is 0. The van der Waals surface area contributed by atoms with Crippen LogP contribution in [0.25, 0.3) is 43.5 Å². The molecule has 0 fully saturated rings. The molecule has 0 atom stereocenters. The first-order chi connectivity index (χ1) is 13.9. The van der Waals surface area contributed by atoms with Gasteiger partial charge in [-0.2, -0.15) is 0 Å². The number of benzene rings is 5. The molecule has 0 aliphatic carbocycles.